The van der Waals surface area contributed by atoms with Crippen LogP contribution in [0.4, 0.5) is 0 Å². The predicted octanol–water partition coefficient (Wildman–Crippen LogP) is 3.92. The fraction of sp³-hybridized carbons (Fsp3) is 0.941. The monoisotopic (exact) mass is 714 g/mol. The van der Waals surface area contributed by atoms with Crippen molar-refractivity contribution in [2.24, 2.45) is 0 Å². The van der Waals surface area contributed by atoms with Crippen LogP contribution in [0.15, 0.2) is 0 Å². The molecule has 0 aromatic rings. The SMILES string of the molecule is CCCCCCCCCC(CCCCC)S(=O)(=O)OC(=O)CCC(=O)OS(=O)(=O)C(CCCCC)CCCCCCCCC.[H-].[H-].[Na+].[Na+]. The summed E-state index contributed by atoms with van der Waals surface area (Å²) in [5.41, 5.74) is 0. The Hall–Kier alpha value is 0.840. The molecule has 0 saturated carbocycles. The maximum absolute atomic E-state index is 13.0. The van der Waals surface area contributed by atoms with Crippen molar-refractivity contribution < 1.29 is 96.8 Å². The summed E-state index contributed by atoms with van der Waals surface area (Å²) in [5.74, 6) is -2.11. The average molecular weight is 715 g/mol. The first-order chi connectivity index (χ1) is 21.0. The molecule has 0 aliphatic heterocycles. The number of hydrogen-bond donors (Lipinski definition) is 0. The summed E-state index contributed by atoms with van der Waals surface area (Å²) >= 11 is 0. The van der Waals surface area contributed by atoms with E-state index in [4.69, 9.17) is 8.37 Å². The van der Waals surface area contributed by atoms with E-state index < -0.39 is 55.5 Å². The van der Waals surface area contributed by atoms with Gasteiger partial charge < -0.3 is 11.2 Å². The van der Waals surface area contributed by atoms with Crippen LogP contribution < -0.4 is 59.1 Å². The van der Waals surface area contributed by atoms with Crippen molar-refractivity contribution in [2.45, 2.75) is 205 Å². The van der Waals surface area contributed by atoms with Gasteiger partial charge in [-0.3, -0.25) is 9.59 Å². The van der Waals surface area contributed by atoms with Crippen LogP contribution in [0, 0.1) is 0 Å². The van der Waals surface area contributed by atoms with E-state index in [-0.39, 0.29) is 62.0 Å². The molecule has 266 valence electrons. The van der Waals surface area contributed by atoms with Crippen LogP contribution >= 0.6 is 0 Å². The van der Waals surface area contributed by atoms with Gasteiger partial charge in [-0.25, -0.2) is 0 Å². The number of unbranched alkanes of at least 4 members (excludes halogenated alkanes) is 16. The van der Waals surface area contributed by atoms with E-state index >= 15 is 0 Å². The summed E-state index contributed by atoms with van der Waals surface area (Å²) in [6, 6.07) is 0. The third-order valence-electron chi connectivity index (χ3n) is 8.29. The van der Waals surface area contributed by atoms with Crippen LogP contribution in [0.3, 0.4) is 0 Å². The molecule has 0 spiro atoms. The molecular weight excluding hydrogens is 646 g/mol. The summed E-state index contributed by atoms with van der Waals surface area (Å²) in [7, 11) is -8.31. The van der Waals surface area contributed by atoms with Gasteiger partial charge in [0.15, 0.2) is 0 Å². The van der Waals surface area contributed by atoms with Crippen LogP contribution in [0.25, 0.3) is 0 Å². The van der Waals surface area contributed by atoms with Crippen molar-refractivity contribution in [1.82, 2.24) is 0 Å². The van der Waals surface area contributed by atoms with Gasteiger partial charge in [0.2, 0.25) is 0 Å². The van der Waals surface area contributed by atoms with Gasteiger partial charge in [-0.1, -0.05) is 156 Å². The Kier molecular flexibility index (Phi) is 36.8. The Morgan fingerprint density at radius 3 is 0.935 bits per heavy atom. The van der Waals surface area contributed by atoms with Crippen LogP contribution in [-0.4, -0.2) is 39.3 Å². The fourth-order valence-electron chi connectivity index (χ4n) is 5.45. The second kappa shape index (κ2) is 33.0. The zero-order valence-electron chi connectivity index (χ0n) is 32.6. The van der Waals surface area contributed by atoms with Gasteiger partial charge in [0.1, 0.15) is 0 Å². The molecule has 0 aliphatic rings. The van der Waals surface area contributed by atoms with Crippen molar-refractivity contribution >= 4 is 32.2 Å². The van der Waals surface area contributed by atoms with E-state index in [9.17, 15) is 26.4 Å². The minimum atomic E-state index is -4.15. The summed E-state index contributed by atoms with van der Waals surface area (Å²) in [5, 5.41) is -1.53. The second-order valence-electron chi connectivity index (χ2n) is 12.5. The minimum Gasteiger partial charge on any atom is -1.00 e. The average Bonchev–Trinajstić information content (AvgIpc) is 2.96. The standard InChI is InChI=1S/C34H66O8S2.2Na.2H/c1-5-9-13-15-17-19-23-27-31(25-21-11-7-3)43(37,38)41-33(35)29-30-34(36)42-44(39,40)32(26-22-12-8-4)28-24-20-18-16-14-10-6-2;;;;/h31-32H,5-30H2,1-4H3;;;;/q;2*+1;2*-1. The molecule has 46 heavy (non-hydrogen) atoms. The quantitative estimate of drug-likeness (QED) is 0.0603. The summed E-state index contributed by atoms with van der Waals surface area (Å²) in [6.45, 7) is 8.42. The molecule has 0 radical (unpaired) electrons. The van der Waals surface area contributed by atoms with Crippen molar-refractivity contribution in [2.75, 3.05) is 0 Å². The van der Waals surface area contributed by atoms with Gasteiger partial charge >= 0.3 is 91.3 Å². The van der Waals surface area contributed by atoms with Gasteiger partial charge in [0, 0.05) is 0 Å². The minimum absolute atomic E-state index is 0. The molecule has 8 nitrogen and oxygen atoms in total. The van der Waals surface area contributed by atoms with E-state index in [2.05, 4.69) is 13.8 Å². The topological polar surface area (TPSA) is 121 Å². The Bertz CT molecular complexity index is 879. The molecule has 0 fully saturated rings. The van der Waals surface area contributed by atoms with Gasteiger partial charge in [-0.05, 0) is 25.7 Å². The predicted molar refractivity (Wildman–Crippen MR) is 183 cm³/mol. The summed E-state index contributed by atoms with van der Waals surface area (Å²) < 4.78 is 61.7. The molecule has 12 heteroatoms. The van der Waals surface area contributed by atoms with E-state index in [0.717, 1.165) is 89.9 Å². The zero-order chi connectivity index (χ0) is 33.1. The van der Waals surface area contributed by atoms with Crippen LogP contribution in [0.1, 0.15) is 197 Å². The first-order valence-corrected chi connectivity index (χ1v) is 20.9. The molecule has 0 heterocycles. The second-order valence-corrected chi connectivity index (χ2v) is 16.1. The van der Waals surface area contributed by atoms with Crippen molar-refractivity contribution in [3.8, 4) is 0 Å². The first kappa shape index (κ1) is 51.2. The van der Waals surface area contributed by atoms with Gasteiger partial charge in [-0.15, -0.1) is 0 Å². The molecule has 0 N–H and O–H groups in total. The third-order valence-corrected chi connectivity index (χ3v) is 11.7. The van der Waals surface area contributed by atoms with Gasteiger partial charge in [-0.2, -0.15) is 16.8 Å². The molecular formula is C34H68Na2O8S2. The third kappa shape index (κ3) is 27.6. The Morgan fingerprint density at radius 2 is 0.652 bits per heavy atom. The maximum atomic E-state index is 13.0. The smallest absolute Gasteiger partial charge is 1.00 e. The fourth-order valence-corrected chi connectivity index (χ4v) is 8.23. The molecule has 0 bridgehead atoms. The molecule has 2 unspecified atom stereocenters. The molecule has 0 amide bonds. The van der Waals surface area contributed by atoms with E-state index in [0.29, 0.717) is 25.7 Å². The molecule has 0 rings (SSSR count). The van der Waals surface area contributed by atoms with E-state index in [1.54, 1.807) is 0 Å². The molecule has 2 atom stereocenters. The molecule has 0 saturated heterocycles. The normalized spacial score (nSPS) is 12.9. The van der Waals surface area contributed by atoms with Crippen molar-refractivity contribution in [1.29, 1.82) is 0 Å². The number of carbonyl (C=O) groups is 2. The first-order valence-electron chi connectivity index (χ1n) is 18.0. The Balaban J connectivity index is -0.00000154. The molecule has 0 aliphatic carbocycles. The summed E-state index contributed by atoms with van der Waals surface area (Å²) in [6.07, 6.45) is 20.7. The van der Waals surface area contributed by atoms with E-state index in [1.807, 2.05) is 13.8 Å². The summed E-state index contributed by atoms with van der Waals surface area (Å²) in [4.78, 5) is 24.9. The van der Waals surface area contributed by atoms with Crippen LogP contribution in [0.2, 0.25) is 0 Å². The largest absolute Gasteiger partial charge is 1.00 e. The Morgan fingerprint density at radius 1 is 0.435 bits per heavy atom. The molecule has 0 aromatic heterocycles. The number of hydrogen-bond acceptors (Lipinski definition) is 8. The molecule has 0 aromatic carbocycles. The Labute approximate surface area is 331 Å². The van der Waals surface area contributed by atoms with Crippen molar-refractivity contribution in [3.05, 3.63) is 0 Å². The maximum Gasteiger partial charge on any atom is 1.00 e. The van der Waals surface area contributed by atoms with E-state index in [1.165, 1.54) is 38.5 Å². The van der Waals surface area contributed by atoms with Crippen molar-refractivity contribution in [3.63, 3.8) is 0 Å². The van der Waals surface area contributed by atoms with Crippen LogP contribution in [0.5, 0.6) is 0 Å². The zero-order valence-corrected chi connectivity index (χ0v) is 36.3. The van der Waals surface area contributed by atoms with Gasteiger partial charge in [0.05, 0.1) is 23.3 Å². The number of rotatable bonds is 31. The van der Waals surface area contributed by atoms with Gasteiger partial charge in [0.25, 0.3) is 0 Å². The number of carbonyl (C=O) groups excluding carboxylic acids is 2. The van der Waals surface area contributed by atoms with Crippen LogP contribution in [-0.2, 0) is 38.2 Å².